The highest BCUT2D eigenvalue weighted by Crippen LogP contribution is 2.45. The van der Waals surface area contributed by atoms with Crippen LogP contribution in [0.3, 0.4) is 0 Å². The zero-order valence-electron chi connectivity index (χ0n) is 17.2. The number of nitrogens with zero attached hydrogens (tertiary/aromatic N) is 3. The zero-order chi connectivity index (χ0) is 21.5. The van der Waals surface area contributed by atoms with E-state index < -0.39 is 15.8 Å². The summed E-state index contributed by atoms with van der Waals surface area (Å²) >= 11 is 0. The summed E-state index contributed by atoms with van der Waals surface area (Å²) < 4.78 is 32.1. The topological polar surface area (TPSA) is 84.4 Å². The molecule has 0 amide bonds. The smallest absolute Gasteiger partial charge is 0.299 e. The van der Waals surface area contributed by atoms with Gasteiger partial charge in [0.2, 0.25) is 0 Å². The van der Waals surface area contributed by atoms with Crippen LogP contribution in [0.4, 0.5) is 5.82 Å². The van der Waals surface area contributed by atoms with Crippen LogP contribution >= 0.6 is 0 Å². The van der Waals surface area contributed by atoms with Crippen LogP contribution in [0.25, 0.3) is 11.3 Å². The number of anilines is 1. The van der Waals surface area contributed by atoms with Crippen LogP contribution in [0.2, 0.25) is 0 Å². The number of hydrogen-bond donors (Lipinski definition) is 1. The SMILES string of the molecule is Cc1ccc(S(=O)(=O)OC23CNCCC2CN3c2ccc(-c3ccccc3)nn2)cc1. The monoisotopic (exact) mass is 436 g/mol. The average molecular weight is 437 g/mol. The Labute approximate surface area is 182 Å². The number of nitrogens with one attached hydrogen (secondary N) is 1. The summed E-state index contributed by atoms with van der Waals surface area (Å²) in [6.45, 7) is 3.85. The van der Waals surface area contributed by atoms with E-state index >= 15 is 0 Å². The molecule has 31 heavy (non-hydrogen) atoms. The maximum absolute atomic E-state index is 13.1. The minimum Gasteiger partial charge on any atom is -0.324 e. The second-order valence-corrected chi connectivity index (χ2v) is 9.66. The fourth-order valence-corrected chi connectivity index (χ4v) is 5.56. The first-order chi connectivity index (χ1) is 15.0. The van der Waals surface area contributed by atoms with E-state index in [2.05, 4.69) is 15.5 Å². The van der Waals surface area contributed by atoms with Gasteiger partial charge in [-0.25, -0.2) is 4.18 Å². The molecule has 2 saturated heterocycles. The van der Waals surface area contributed by atoms with Crippen LogP contribution in [0.5, 0.6) is 0 Å². The number of benzene rings is 2. The average Bonchev–Trinajstić information content (AvgIpc) is 2.77. The number of fused-ring (bicyclic) bond motifs is 1. The molecule has 7 nitrogen and oxygen atoms in total. The lowest BCUT2D eigenvalue weighted by atomic mass is 9.79. The van der Waals surface area contributed by atoms with Crippen LogP contribution in [0, 0.1) is 12.8 Å². The van der Waals surface area contributed by atoms with Crippen molar-refractivity contribution in [3.05, 3.63) is 72.3 Å². The third-order valence-corrected chi connectivity index (χ3v) is 7.46. The van der Waals surface area contributed by atoms with Crippen molar-refractivity contribution in [3.8, 4) is 11.3 Å². The molecule has 2 aliphatic heterocycles. The van der Waals surface area contributed by atoms with E-state index in [1.54, 1.807) is 24.3 Å². The van der Waals surface area contributed by atoms with Gasteiger partial charge in [0.1, 0.15) is 0 Å². The Morgan fingerprint density at radius 3 is 2.48 bits per heavy atom. The van der Waals surface area contributed by atoms with E-state index in [0.717, 1.165) is 29.8 Å². The van der Waals surface area contributed by atoms with Gasteiger partial charge in [-0.15, -0.1) is 10.2 Å². The number of piperidine rings is 1. The molecule has 1 aromatic heterocycles. The van der Waals surface area contributed by atoms with Gasteiger partial charge < -0.3 is 10.2 Å². The zero-order valence-corrected chi connectivity index (χ0v) is 18.0. The van der Waals surface area contributed by atoms with Gasteiger partial charge in [0.25, 0.3) is 10.1 Å². The summed E-state index contributed by atoms with van der Waals surface area (Å²) in [6, 6.07) is 20.3. The van der Waals surface area contributed by atoms with Crippen LogP contribution < -0.4 is 10.2 Å². The molecular formula is C23H24N4O3S. The third-order valence-electron chi connectivity index (χ3n) is 6.11. The molecule has 5 rings (SSSR count). The van der Waals surface area contributed by atoms with Gasteiger partial charge >= 0.3 is 0 Å². The molecule has 0 radical (unpaired) electrons. The van der Waals surface area contributed by atoms with Crippen molar-refractivity contribution in [1.82, 2.24) is 15.5 Å². The van der Waals surface area contributed by atoms with E-state index in [1.807, 2.05) is 54.3 Å². The van der Waals surface area contributed by atoms with Gasteiger partial charge in [0.05, 0.1) is 10.6 Å². The van der Waals surface area contributed by atoms with E-state index in [4.69, 9.17) is 4.18 Å². The summed E-state index contributed by atoms with van der Waals surface area (Å²) in [4.78, 5) is 2.08. The lowest BCUT2D eigenvalue weighted by molar-refractivity contribution is -0.0625. The highest BCUT2D eigenvalue weighted by Gasteiger charge is 2.59. The Morgan fingerprint density at radius 1 is 1.03 bits per heavy atom. The molecule has 3 aromatic rings. The first-order valence-electron chi connectivity index (χ1n) is 10.4. The molecule has 2 aromatic carbocycles. The van der Waals surface area contributed by atoms with Gasteiger partial charge in [0.15, 0.2) is 11.5 Å². The van der Waals surface area contributed by atoms with Gasteiger partial charge in [-0.2, -0.15) is 8.42 Å². The standard InChI is InChI=1S/C23H24N4O3S/c1-17-7-9-20(10-8-17)31(28,29)30-23-16-24-14-13-19(23)15-27(23)22-12-11-21(25-26-22)18-5-3-2-4-6-18/h2-12,19,24H,13-16H2,1H3. The second-order valence-electron chi connectivity index (χ2n) is 8.11. The fourth-order valence-electron chi connectivity index (χ4n) is 4.33. The summed E-state index contributed by atoms with van der Waals surface area (Å²) in [5, 5.41) is 12.1. The predicted octanol–water partition coefficient (Wildman–Crippen LogP) is 2.98. The number of hydrogen-bond acceptors (Lipinski definition) is 7. The Bertz CT molecular complexity index is 1170. The largest absolute Gasteiger partial charge is 0.324 e. The van der Waals surface area contributed by atoms with E-state index in [9.17, 15) is 8.42 Å². The molecule has 2 aliphatic rings. The van der Waals surface area contributed by atoms with Crippen molar-refractivity contribution in [3.63, 3.8) is 0 Å². The molecule has 2 fully saturated rings. The molecule has 0 aliphatic carbocycles. The molecule has 1 N–H and O–H groups in total. The van der Waals surface area contributed by atoms with Crippen molar-refractivity contribution < 1.29 is 12.6 Å². The Hall–Kier alpha value is -2.81. The van der Waals surface area contributed by atoms with Gasteiger partial charge in [-0.3, -0.25) is 0 Å². The van der Waals surface area contributed by atoms with Crippen molar-refractivity contribution in [2.24, 2.45) is 5.92 Å². The first kappa shape index (κ1) is 20.1. The van der Waals surface area contributed by atoms with Crippen LogP contribution in [0.15, 0.2) is 71.6 Å². The highest BCUT2D eigenvalue weighted by atomic mass is 32.2. The number of aromatic nitrogens is 2. The van der Waals surface area contributed by atoms with Crippen molar-refractivity contribution in [1.29, 1.82) is 0 Å². The summed E-state index contributed by atoms with van der Waals surface area (Å²) in [7, 11) is -3.94. The molecule has 0 bridgehead atoms. The first-order valence-corrected chi connectivity index (χ1v) is 11.8. The third kappa shape index (κ3) is 3.60. The van der Waals surface area contributed by atoms with Gasteiger partial charge in [-0.05, 0) is 44.2 Å². The maximum Gasteiger partial charge on any atom is 0.299 e. The number of rotatable bonds is 5. The highest BCUT2D eigenvalue weighted by molar-refractivity contribution is 7.86. The van der Waals surface area contributed by atoms with E-state index in [-0.39, 0.29) is 10.8 Å². The quantitative estimate of drug-likeness (QED) is 0.616. The van der Waals surface area contributed by atoms with Crippen molar-refractivity contribution >= 4 is 15.9 Å². The van der Waals surface area contributed by atoms with Crippen LogP contribution in [-0.4, -0.2) is 44.0 Å². The summed E-state index contributed by atoms with van der Waals surface area (Å²) in [5.41, 5.74) is 1.75. The predicted molar refractivity (Wildman–Crippen MR) is 118 cm³/mol. The minimum absolute atomic E-state index is 0.101. The molecule has 0 spiro atoms. The lowest BCUT2D eigenvalue weighted by Crippen LogP contribution is -2.75. The normalized spacial score (nSPS) is 23.1. The molecule has 160 valence electrons. The molecule has 8 heteroatoms. The van der Waals surface area contributed by atoms with Crippen molar-refractivity contribution in [2.75, 3.05) is 24.5 Å². The van der Waals surface area contributed by atoms with E-state index in [0.29, 0.717) is 18.9 Å². The molecule has 2 atom stereocenters. The van der Waals surface area contributed by atoms with Crippen LogP contribution in [-0.2, 0) is 14.3 Å². The summed E-state index contributed by atoms with van der Waals surface area (Å²) in [5.74, 6) is 0.711. The van der Waals surface area contributed by atoms with E-state index in [1.165, 1.54) is 0 Å². The van der Waals surface area contributed by atoms with Crippen molar-refractivity contribution in [2.45, 2.75) is 24.0 Å². The fraction of sp³-hybridized carbons (Fsp3) is 0.304. The van der Waals surface area contributed by atoms with Crippen LogP contribution in [0.1, 0.15) is 12.0 Å². The Balaban J connectivity index is 1.45. The molecule has 2 unspecified atom stereocenters. The Morgan fingerprint density at radius 2 is 1.81 bits per heavy atom. The minimum atomic E-state index is -3.94. The maximum atomic E-state index is 13.1. The lowest BCUT2D eigenvalue weighted by Gasteiger charge is -2.59. The Kier molecular flexibility index (Phi) is 5.00. The van der Waals surface area contributed by atoms with Gasteiger partial charge in [0, 0.05) is 24.6 Å². The number of aryl methyl sites for hydroxylation is 1. The molecule has 0 saturated carbocycles. The molecule has 3 heterocycles. The van der Waals surface area contributed by atoms with Gasteiger partial charge in [-0.1, -0.05) is 48.0 Å². The summed E-state index contributed by atoms with van der Waals surface area (Å²) in [6.07, 6.45) is 0.843. The second kappa shape index (κ2) is 7.71. The molecular weight excluding hydrogens is 412 g/mol.